The maximum Gasteiger partial charge on any atom is 0.230 e. The average Bonchev–Trinajstić information content (AvgIpc) is 3.02. The lowest BCUT2D eigenvalue weighted by Crippen LogP contribution is -2.30. The van der Waals surface area contributed by atoms with E-state index in [4.69, 9.17) is 0 Å². The largest absolute Gasteiger partial charge is 0.355 e. The van der Waals surface area contributed by atoms with Crippen molar-refractivity contribution >= 4 is 17.7 Å². The van der Waals surface area contributed by atoms with Crippen LogP contribution in [0.2, 0.25) is 0 Å². The van der Waals surface area contributed by atoms with Gasteiger partial charge in [-0.05, 0) is 50.3 Å². The van der Waals surface area contributed by atoms with E-state index in [1.165, 1.54) is 36.6 Å². The van der Waals surface area contributed by atoms with Crippen LogP contribution in [0.3, 0.4) is 0 Å². The molecule has 2 rings (SSSR count). The van der Waals surface area contributed by atoms with Crippen LogP contribution in [0.5, 0.6) is 0 Å². The fraction of sp³-hybridized carbons (Fsp3) is 0.571. The van der Waals surface area contributed by atoms with Crippen LogP contribution in [0.1, 0.15) is 56.5 Å². The van der Waals surface area contributed by atoms with E-state index in [0.29, 0.717) is 11.7 Å². The Kier molecular flexibility index (Phi) is 8.35. The summed E-state index contributed by atoms with van der Waals surface area (Å²) in [5, 5.41) is 12.3. The Morgan fingerprint density at radius 3 is 2.70 bits per heavy atom. The maximum absolute atomic E-state index is 12.3. The summed E-state index contributed by atoms with van der Waals surface area (Å²) >= 11 is 1.44. The minimum atomic E-state index is 0.0584. The number of aromatic nitrogens is 3. The van der Waals surface area contributed by atoms with Gasteiger partial charge in [-0.1, -0.05) is 57.0 Å². The molecule has 5 nitrogen and oxygen atoms in total. The standard InChI is InChI=1S/C21H32N4OS/c1-6-8-9-18(7-2)13-22-20(26)14-27-21-24-23-17(5)25(21)19-12-15(3)10-11-16(19)4/h10-12,18H,6-9,13-14H2,1-5H3,(H,22,26). The molecule has 1 amide bonds. The quantitative estimate of drug-likeness (QED) is 0.604. The molecule has 1 heterocycles. The van der Waals surface area contributed by atoms with E-state index in [-0.39, 0.29) is 5.91 Å². The van der Waals surface area contributed by atoms with E-state index in [1.807, 2.05) is 11.5 Å². The lowest BCUT2D eigenvalue weighted by atomic mass is 9.99. The minimum absolute atomic E-state index is 0.0584. The van der Waals surface area contributed by atoms with Crippen LogP contribution >= 0.6 is 11.8 Å². The molecule has 148 valence electrons. The van der Waals surface area contributed by atoms with Crippen molar-refractivity contribution in [3.63, 3.8) is 0 Å². The Morgan fingerprint density at radius 2 is 2.00 bits per heavy atom. The summed E-state index contributed by atoms with van der Waals surface area (Å²) in [4.78, 5) is 12.3. The monoisotopic (exact) mass is 388 g/mol. The molecule has 1 N–H and O–H groups in total. The molecule has 0 saturated carbocycles. The van der Waals surface area contributed by atoms with Crippen LogP contribution in [0, 0.1) is 26.7 Å². The summed E-state index contributed by atoms with van der Waals surface area (Å²) in [6.45, 7) is 11.3. The zero-order chi connectivity index (χ0) is 19.8. The van der Waals surface area contributed by atoms with Crippen molar-refractivity contribution in [1.82, 2.24) is 20.1 Å². The van der Waals surface area contributed by atoms with Gasteiger partial charge in [0.1, 0.15) is 5.82 Å². The maximum atomic E-state index is 12.3. The topological polar surface area (TPSA) is 59.8 Å². The van der Waals surface area contributed by atoms with Gasteiger partial charge in [-0.2, -0.15) is 0 Å². The van der Waals surface area contributed by atoms with Crippen LogP contribution in [-0.4, -0.2) is 33.0 Å². The van der Waals surface area contributed by atoms with Crippen LogP contribution in [0.4, 0.5) is 0 Å². The van der Waals surface area contributed by atoms with Gasteiger partial charge in [0, 0.05) is 6.54 Å². The van der Waals surface area contributed by atoms with Gasteiger partial charge in [0.2, 0.25) is 5.91 Å². The van der Waals surface area contributed by atoms with Gasteiger partial charge in [-0.15, -0.1) is 10.2 Å². The number of hydrogen-bond acceptors (Lipinski definition) is 4. The number of unbranched alkanes of at least 4 members (excludes halogenated alkanes) is 1. The number of nitrogens with one attached hydrogen (secondary N) is 1. The molecule has 1 aromatic carbocycles. The number of benzene rings is 1. The first-order chi connectivity index (χ1) is 13.0. The fourth-order valence-electron chi connectivity index (χ4n) is 3.06. The summed E-state index contributed by atoms with van der Waals surface area (Å²) in [6, 6.07) is 6.34. The highest BCUT2D eigenvalue weighted by molar-refractivity contribution is 7.99. The van der Waals surface area contributed by atoms with Gasteiger partial charge < -0.3 is 5.32 Å². The first-order valence-corrected chi connectivity index (χ1v) is 10.8. The van der Waals surface area contributed by atoms with E-state index >= 15 is 0 Å². The van der Waals surface area contributed by atoms with Crippen molar-refractivity contribution in [2.45, 2.75) is 65.5 Å². The number of carbonyl (C=O) groups is 1. The molecule has 6 heteroatoms. The smallest absolute Gasteiger partial charge is 0.230 e. The zero-order valence-corrected chi connectivity index (χ0v) is 18.0. The number of carbonyl (C=O) groups excluding carboxylic acids is 1. The number of amides is 1. The highest BCUT2D eigenvalue weighted by atomic mass is 32.2. The SMILES string of the molecule is CCCCC(CC)CNC(=O)CSc1nnc(C)n1-c1cc(C)ccc1C. The van der Waals surface area contributed by atoms with Gasteiger partial charge in [0.25, 0.3) is 0 Å². The van der Waals surface area contributed by atoms with Crippen molar-refractivity contribution < 1.29 is 4.79 Å². The van der Waals surface area contributed by atoms with Gasteiger partial charge >= 0.3 is 0 Å². The molecule has 0 spiro atoms. The first kappa shape index (κ1) is 21.5. The van der Waals surface area contributed by atoms with Gasteiger partial charge in [0.15, 0.2) is 5.16 Å². The number of hydrogen-bond donors (Lipinski definition) is 1. The van der Waals surface area contributed by atoms with Gasteiger partial charge in [-0.3, -0.25) is 9.36 Å². The summed E-state index contributed by atoms with van der Waals surface area (Å²) in [5.41, 5.74) is 3.43. The molecule has 1 atom stereocenters. The number of rotatable bonds is 10. The Balaban J connectivity index is 1.99. The van der Waals surface area contributed by atoms with Crippen molar-refractivity contribution in [3.05, 3.63) is 35.2 Å². The van der Waals surface area contributed by atoms with Crippen molar-refractivity contribution in [2.75, 3.05) is 12.3 Å². The second-order valence-electron chi connectivity index (χ2n) is 7.16. The summed E-state index contributed by atoms with van der Waals surface area (Å²) in [7, 11) is 0. The van der Waals surface area contributed by atoms with E-state index in [2.05, 4.69) is 61.4 Å². The fourth-order valence-corrected chi connectivity index (χ4v) is 3.88. The molecule has 0 bridgehead atoms. The molecule has 0 aliphatic carbocycles. The molecule has 27 heavy (non-hydrogen) atoms. The Hall–Kier alpha value is -1.82. The Labute approximate surface area is 167 Å². The molecule has 0 fully saturated rings. The molecule has 0 saturated heterocycles. The molecule has 0 aliphatic heterocycles. The van der Waals surface area contributed by atoms with Crippen LogP contribution < -0.4 is 5.32 Å². The molecule has 1 unspecified atom stereocenters. The van der Waals surface area contributed by atoms with Crippen LogP contribution in [-0.2, 0) is 4.79 Å². The number of aryl methyl sites for hydroxylation is 3. The van der Waals surface area contributed by atoms with Crippen LogP contribution in [0.15, 0.2) is 23.4 Å². The number of thioether (sulfide) groups is 1. The first-order valence-electron chi connectivity index (χ1n) is 9.85. The molecular formula is C21H32N4OS. The van der Waals surface area contributed by atoms with Crippen LogP contribution in [0.25, 0.3) is 5.69 Å². The minimum Gasteiger partial charge on any atom is -0.355 e. The lowest BCUT2D eigenvalue weighted by molar-refractivity contribution is -0.118. The van der Waals surface area contributed by atoms with Gasteiger partial charge in [-0.25, -0.2) is 0 Å². The predicted octanol–water partition coefficient (Wildman–Crippen LogP) is 4.62. The molecule has 0 aliphatic rings. The third-order valence-corrected chi connectivity index (χ3v) is 5.79. The summed E-state index contributed by atoms with van der Waals surface area (Å²) in [6.07, 6.45) is 4.71. The summed E-state index contributed by atoms with van der Waals surface area (Å²) in [5.74, 6) is 1.81. The molecule has 1 aromatic heterocycles. The van der Waals surface area contributed by atoms with E-state index in [0.717, 1.165) is 35.2 Å². The van der Waals surface area contributed by atoms with Crippen molar-refractivity contribution in [2.24, 2.45) is 5.92 Å². The predicted molar refractivity (Wildman–Crippen MR) is 113 cm³/mol. The molecular weight excluding hydrogens is 356 g/mol. The molecule has 0 radical (unpaired) electrons. The van der Waals surface area contributed by atoms with Crippen molar-refractivity contribution in [3.8, 4) is 5.69 Å². The third kappa shape index (κ3) is 6.09. The van der Waals surface area contributed by atoms with Crippen molar-refractivity contribution in [1.29, 1.82) is 0 Å². The van der Waals surface area contributed by atoms with E-state index in [1.54, 1.807) is 0 Å². The van der Waals surface area contributed by atoms with E-state index in [9.17, 15) is 4.79 Å². The normalized spacial score (nSPS) is 12.2. The highest BCUT2D eigenvalue weighted by Gasteiger charge is 2.15. The second-order valence-corrected chi connectivity index (χ2v) is 8.11. The highest BCUT2D eigenvalue weighted by Crippen LogP contribution is 2.24. The van der Waals surface area contributed by atoms with E-state index < -0.39 is 0 Å². The third-order valence-electron chi connectivity index (χ3n) is 4.86. The zero-order valence-electron chi connectivity index (χ0n) is 17.2. The molecule has 2 aromatic rings. The second kappa shape index (κ2) is 10.5. The Morgan fingerprint density at radius 1 is 1.22 bits per heavy atom. The average molecular weight is 389 g/mol. The Bertz CT molecular complexity index is 757. The lowest BCUT2D eigenvalue weighted by Gasteiger charge is -2.15. The van der Waals surface area contributed by atoms with Gasteiger partial charge in [0.05, 0.1) is 11.4 Å². The summed E-state index contributed by atoms with van der Waals surface area (Å²) < 4.78 is 2.04. The number of nitrogens with zero attached hydrogens (tertiary/aromatic N) is 3.